The number of likely N-dealkylation sites (N-methyl/N-ethyl adjacent to an activating group) is 6. The number of nitrogens with one attached hydrogen (secondary N) is 5. The molecule has 3 saturated heterocycles. The third-order valence-electron chi connectivity index (χ3n) is 20.0. The predicted octanol–water partition coefficient (Wildman–Crippen LogP) is 4.45. The predicted molar refractivity (Wildman–Crippen MR) is 396 cm³/mol. The summed E-state index contributed by atoms with van der Waals surface area (Å²) in [6.07, 6.45) is -1.50. The van der Waals surface area contributed by atoms with Gasteiger partial charge in [-0.3, -0.25) is 62.5 Å². The van der Waals surface area contributed by atoms with E-state index >= 15 is 28.8 Å². The fourth-order valence-corrected chi connectivity index (χ4v) is 13.9. The summed E-state index contributed by atoms with van der Waals surface area (Å²) in [5.74, 6) is -12.5. The van der Waals surface area contributed by atoms with Crippen molar-refractivity contribution in [1.82, 2.24) is 65.8 Å². The van der Waals surface area contributed by atoms with Gasteiger partial charge in [-0.1, -0.05) is 116 Å². The molecule has 2 aromatic carbocycles. The highest BCUT2D eigenvalue weighted by Gasteiger charge is 2.44. The van der Waals surface area contributed by atoms with E-state index in [1.54, 1.807) is 95.6 Å². The number of rotatable bonds is 17. The van der Waals surface area contributed by atoms with Gasteiger partial charge in [-0.05, 0) is 121 Å². The third-order valence-corrected chi connectivity index (χ3v) is 20.0. The normalized spacial score (nSPS) is 26.2. The van der Waals surface area contributed by atoms with Gasteiger partial charge in [0.25, 0.3) is 5.92 Å². The molecule has 588 valence electrons. The van der Waals surface area contributed by atoms with E-state index in [1.165, 1.54) is 61.8 Å². The molecule has 0 aliphatic carbocycles. The second-order valence-corrected chi connectivity index (χ2v) is 31.6. The Morgan fingerprint density at radius 3 is 1.66 bits per heavy atom. The van der Waals surface area contributed by atoms with Gasteiger partial charge in [-0.2, -0.15) is 0 Å². The third kappa shape index (κ3) is 26.3. The number of hydrogen-bond donors (Lipinski definition) is 6. The number of ether oxygens (including phenoxy) is 1. The minimum Gasteiger partial charge on any atom is -0.391 e. The van der Waals surface area contributed by atoms with Crippen LogP contribution in [0.2, 0.25) is 0 Å². The van der Waals surface area contributed by atoms with Crippen LogP contribution in [0.4, 0.5) is 8.78 Å². The first-order chi connectivity index (χ1) is 49.1. The average molecular weight is 1480 g/mol. The number of benzene rings is 2. The highest BCUT2D eigenvalue weighted by Crippen LogP contribution is 2.28. The van der Waals surface area contributed by atoms with Crippen LogP contribution in [0.15, 0.2) is 60.7 Å². The van der Waals surface area contributed by atoms with Crippen LogP contribution < -0.4 is 26.6 Å². The Labute approximate surface area is 621 Å². The molecule has 3 aliphatic heterocycles. The van der Waals surface area contributed by atoms with E-state index in [4.69, 9.17) is 4.74 Å². The fraction of sp³-hybridized carbons (Fsp3) is 0.701. The van der Waals surface area contributed by atoms with Crippen LogP contribution in [0.5, 0.6) is 0 Å². The Hall–Kier alpha value is -7.69. The van der Waals surface area contributed by atoms with Crippen LogP contribution in [0.1, 0.15) is 158 Å². The zero-order chi connectivity index (χ0) is 78.5. The molecule has 26 nitrogen and oxygen atoms in total. The maximum absolute atomic E-state index is 15.6. The summed E-state index contributed by atoms with van der Waals surface area (Å²) in [5, 5.41) is 25.5. The van der Waals surface area contributed by atoms with Gasteiger partial charge in [0, 0.05) is 87.1 Å². The number of carbonyl (C=O) groups is 11. The molecule has 11 amide bonds. The second-order valence-electron chi connectivity index (χ2n) is 31.6. The highest BCUT2D eigenvalue weighted by molar-refractivity contribution is 5.98. The number of hydrogen-bond acceptors (Lipinski definition) is 15. The summed E-state index contributed by atoms with van der Waals surface area (Å²) < 4.78 is 36.2. The molecule has 0 bridgehead atoms. The van der Waals surface area contributed by atoms with Crippen molar-refractivity contribution in [2.45, 2.75) is 238 Å². The first-order valence-electron chi connectivity index (χ1n) is 37.5. The van der Waals surface area contributed by atoms with Gasteiger partial charge in [0.05, 0.1) is 43.5 Å². The topological polar surface area (TPSA) is 303 Å². The highest BCUT2D eigenvalue weighted by atomic mass is 19.3. The number of halogens is 2. The lowest BCUT2D eigenvalue weighted by molar-refractivity contribution is -0.149. The van der Waals surface area contributed by atoms with Gasteiger partial charge in [-0.15, -0.1) is 0 Å². The average Bonchev–Trinajstić information content (AvgIpc) is 0.790. The van der Waals surface area contributed by atoms with Crippen LogP contribution >= 0.6 is 0 Å². The molecule has 0 unspecified atom stereocenters. The number of aliphatic hydroxyl groups excluding tert-OH is 1. The van der Waals surface area contributed by atoms with Crippen molar-refractivity contribution in [3.63, 3.8) is 0 Å². The van der Waals surface area contributed by atoms with Crippen LogP contribution in [-0.4, -0.2) is 276 Å². The van der Waals surface area contributed by atoms with Gasteiger partial charge in [0.2, 0.25) is 65.0 Å². The molecular weight excluding hydrogens is 1350 g/mol. The summed E-state index contributed by atoms with van der Waals surface area (Å²) in [7, 11) is 8.71. The van der Waals surface area contributed by atoms with E-state index in [9.17, 15) is 37.9 Å². The summed E-state index contributed by atoms with van der Waals surface area (Å²) in [5.41, 5.74) is 0.516. The number of amides is 11. The monoisotopic (exact) mass is 1480 g/mol. The Balaban J connectivity index is 1.70. The SMILES string of the molecule is CC(C)C[C@@H]1NC(=O)[C@H](Cc2ccccc2)N(C)C(=O)[C@@H](C(C)C)NC(=O)C[C@@H](C(=O)N2CCCCC2)NC(=O)[C@H](C(C)C)N(C)[C@H](Cc2ccccc2)N(C)C(=O)[C@H](COC(C)(C)C)NC(=O)[C@H](CCN2CCCC(F)(F)C2)N(C)C(=O)CCN(C)C(=O)[C@H]([C@@H](C)O)NC(=O)[C@H](CC(C)C)N(C)C1=O. The molecule has 6 N–H and O–H groups in total. The summed E-state index contributed by atoms with van der Waals surface area (Å²) in [4.78, 5) is 176. The van der Waals surface area contributed by atoms with Crippen LogP contribution in [-0.2, 0) is 70.3 Å². The van der Waals surface area contributed by atoms with Gasteiger partial charge in [0.15, 0.2) is 0 Å². The Bertz CT molecular complexity index is 3220. The maximum Gasteiger partial charge on any atom is 0.260 e. The van der Waals surface area contributed by atoms with Gasteiger partial charge < -0.3 is 65.8 Å². The first-order valence-corrected chi connectivity index (χ1v) is 37.5. The van der Waals surface area contributed by atoms with Crippen molar-refractivity contribution >= 4 is 65.0 Å². The number of carbonyl (C=O) groups excluding carboxylic acids is 11. The zero-order valence-corrected chi connectivity index (χ0v) is 65.5. The molecule has 2 aromatic rings. The molecule has 5 rings (SSSR count). The summed E-state index contributed by atoms with van der Waals surface area (Å²) in [6, 6.07) is 5.76. The Morgan fingerprint density at radius 1 is 0.571 bits per heavy atom. The molecule has 11 atom stereocenters. The molecule has 0 spiro atoms. The standard InChI is InChI=1S/C77H123F2N13O13/c1-48(2)41-55-71(100)87(15)59(42-49(3)4)69(98)84-65(52(9)93)74(103)85(13)39-34-63(95)86(14)58(33-40-91-36-28-35-77(78,79)47-91)67(96)82-57(46-105-76(10,11)12)72(101)90(18)62(44-54-31-24-20-25-32-54)89(17)66(51(7)8)70(99)81-56(73(102)92-37-26-21-27-38-92)45-61(94)83-64(50(5)6)75(104)88(16)60(68(97)80-55)43-53-29-22-19-23-30-53/h19-20,22-25,29-32,48-52,55-60,62,64-66,93H,21,26-28,33-47H2,1-18H3,(H,80,97)(H,81,99)(H,82,96)(H,83,94)(H,84,98)/t52-,55+,56+,57+,58+,59+,60+,62+,64-,65+,66+/m1/s1. The quantitative estimate of drug-likeness (QED) is 0.128. The summed E-state index contributed by atoms with van der Waals surface area (Å²) in [6.45, 7) is 20.5. The minimum absolute atomic E-state index is 0.0491. The van der Waals surface area contributed by atoms with Crippen molar-refractivity contribution in [3.05, 3.63) is 71.8 Å². The van der Waals surface area contributed by atoms with Gasteiger partial charge in [0.1, 0.15) is 48.3 Å². The van der Waals surface area contributed by atoms with Crippen molar-refractivity contribution in [2.75, 3.05) is 88.2 Å². The Morgan fingerprint density at radius 2 is 1.11 bits per heavy atom. The lowest BCUT2D eigenvalue weighted by atomic mass is 9.96. The van der Waals surface area contributed by atoms with Gasteiger partial charge in [-0.25, -0.2) is 8.78 Å². The number of likely N-dealkylation sites (tertiary alicyclic amines) is 2. The minimum atomic E-state index is -3.01. The van der Waals surface area contributed by atoms with Crippen molar-refractivity contribution in [1.29, 1.82) is 0 Å². The number of alkyl halides is 2. The largest absolute Gasteiger partial charge is 0.391 e. The second kappa shape index (κ2) is 40.3. The smallest absolute Gasteiger partial charge is 0.260 e. The molecule has 0 aromatic heterocycles. The molecule has 3 fully saturated rings. The molecule has 3 heterocycles. The van der Waals surface area contributed by atoms with E-state index in [0.29, 0.717) is 31.5 Å². The van der Waals surface area contributed by atoms with Crippen LogP contribution in [0.25, 0.3) is 0 Å². The molecule has 0 saturated carbocycles. The molecule has 105 heavy (non-hydrogen) atoms. The van der Waals surface area contributed by atoms with E-state index in [-0.39, 0.29) is 76.4 Å². The lowest BCUT2D eigenvalue weighted by Gasteiger charge is -2.42. The molecule has 3 aliphatic rings. The van der Waals surface area contributed by atoms with E-state index in [0.717, 1.165) is 21.8 Å². The number of nitrogens with zero attached hydrogens (tertiary/aromatic N) is 8. The number of aliphatic hydroxyl groups is 1. The fourth-order valence-electron chi connectivity index (χ4n) is 13.9. The van der Waals surface area contributed by atoms with E-state index in [1.807, 2.05) is 58.0 Å². The zero-order valence-electron chi connectivity index (χ0n) is 65.5. The number of piperidine rings is 2. The lowest BCUT2D eigenvalue weighted by Crippen LogP contribution is -2.63. The molecular formula is C77H123F2N13O13. The van der Waals surface area contributed by atoms with Crippen molar-refractivity contribution in [2.24, 2.45) is 23.7 Å². The van der Waals surface area contributed by atoms with Gasteiger partial charge >= 0.3 is 0 Å². The molecule has 0 radical (unpaired) electrons. The summed E-state index contributed by atoms with van der Waals surface area (Å²) >= 11 is 0. The Kier molecular flexibility index (Phi) is 33.8. The van der Waals surface area contributed by atoms with Crippen LogP contribution in [0.3, 0.4) is 0 Å². The molecule has 28 heteroatoms. The van der Waals surface area contributed by atoms with E-state index in [2.05, 4.69) is 26.6 Å². The maximum atomic E-state index is 15.6. The van der Waals surface area contributed by atoms with Crippen LogP contribution in [0, 0.1) is 23.7 Å². The van der Waals surface area contributed by atoms with E-state index < -0.39 is 181 Å². The van der Waals surface area contributed by atoms with Crippen molar-refractivity contribution in [3.8, 4) is 0 Å². The first kappa shape index (κ1) is 87.9. The van der Waals surface area contributed by atoms with Crippen molar-refractivity contribution < 1.29 is 71.4 Å².